The molecule has 0 unspecified atom stereocenters. The summed E-state index contributed by atoms with van der Waals surface area (Å²) in [6.45, 7) is 0.879. The zero-order valence-corrected chi connectivity index (χ0v) is 18.5. The van der Waals surface area contributed by atoms with Gasteiger partial charge in [-0.15, -0.1) is 10.2 Å². The molecule has 4 rings (SSSR count). The summed E-state index contributed by atoms with van der Waals surface area (Å²) in [6, 6.07) is 18.7. The first-order chi connectivity index (χ1) is 15.3. The van der Waals surface area contributed by atoms with E-state index in [4.69, 9.17) is 4.74 Å². The summed E-state index contributed by atoms with van der Waals surface area (Å²) < 4.78 is 7.62. The lowest BCUT2D eigenvalue weighted by Gasteiger charge is -2.10. The molecule has 0 radical (unpaired) electrons. The average Bonchev–Trinajstić information content (AvgIpc) is 3.47. The predicted octanol–water partition coefficient (Wildman–Crippen LogP) is 4.72. The number of ether oxygens (including phenoxy) is 1. The van der Waals surface area contributed by atoms with Crippen LogP contribution in [0.3, 0.4) is 0 Å². The van der Waals surface area contributed by atoms with Crippen LogP contribution in [0, 0.1) is 0 Å². The van der Waals surface area contributed by atoms with E-state index >= 15 is 0 Å². The fourth-order valence-electron chi connectivity index (χ4n) is 3.49. The number of hydrogen-bond donors (Lipinski definition) is 1. The van der Waals surface area contributed by atoms with Crippen molar-refractivity contribution in [1.82, 2.24) is 24.7 Å². The molecule has 1 N–H and O–H groups in total. The van der Waals surface area contributed by atoms with E-state index in [-0.39, 0.29) is 0 Å². The van der Waals surface area contributed by atoms with Crippen LogP contribution in [0.2, 0.25) is 0 Å². The molecule has 0 saturated carbocycles. The van der Waals surface area contributed by atoms with Gasteiger partial charge < -0.3 is 14.3 Å². The molecule has 0 aliphatic heterocycles. The Hall–Kier alpha value is -3.06. The topological polar surface area (TPSA) is 68.6 Å². The van der Waals surface area contributed by atoms with Crippen LogP contribution in [0.1, 0.15) is 29.1 Å². The molecule has 0 amide bonds. The molecular formula is C24H27N5OS. The molecule has 0 aliphatic rings. The van der Waals surface area contributed by atoms with Gasteiger partial charge in [0.25, 0.3) is 0 Å². The quantitative estimate of drug-likeness (QED) is 0.347. The molecule has 0 aliphatic carbocycles. The van der Waals surface area contributed by atoms with Crippen LogP contribution in [0.4, 0.5) is 0 Å². The number of aryl methyl sites for hydroxylation is 3. The number of methoxy groups -OCH3 is 1. The van der Waals surface area contributed by atoms with Gasteiger partial charge in [-0.2, -0.15) is 0 Å². The largest absolute Gasteiger partial charge is 0.497 e. The Balaban J connectivity index is 1.45. The van der Waals surface area contributed by atoms with E-state index in [0.29, 0.717) is 0 Å². The van der Waals surface area contributed by atoms with Crippen molar-refractivity contribution in [3.8, 4) is 5.75 Å². The molecule has 0 fully saturated rings. The normalized spacial score (nSPS) is 11.0. The zero-order valence-electron chi connectivity index (χ0n) is 17.7. The number of aromatic nitrogens is 5. The fraction of sp³-hybridized carbons (Fsp3) is 0.292. The number of thioether (sulfide) groups is 1. The third-order valence-electron chi connectivity index (χ3n) is 5.15. The van der Waals surface area contributed by atoms with Crippen molar-refractivity contribution in [2.75, 3.05) is 7.11 Å². The molecule has 7 heteroatoms. The molecule has 2 aromatic heterocycles. The Morgan fingerprint density at radius 2 is 1.84 bits per heavy atom. The third kappa shape index (κ3) is 5.98. The number of benzene rings is 2. The van der Waals surface area contributed by atoms with E-state index < -0.39 is 0 Å². The van der Waals surface area contributed by atoms with Gasteiger partial charge in [0.05, 0.1) is 19.1 Å². The van der Waals surface area contributed by atoms with E-state index in [1.807, 2.05) is 24.4 Å². The molecule has 0 spiro atoms. The molecule has 0 saturated heterocycles. The first kappa shape index (κ1) is 21.2. The van der Waals surface area contributed by atoms with Crippen LogP contribution in [0.25, 0.3) is 0 Å². The van der Waals surface area contributed by atoms with Crippen LogP contribution in [-0.2, 0) is 31.6 Å². The Morgan fingerprint density at radius 3 is 2.65 bits per heavy atom. The molecule has 6 nitrogen and oxygen atoms in total. The van der Waals surface area contributed by atoms with Gasteiger partial charge in [0.2, 0.25) is 0 Å². The lowest BCUT2D eigenvalue weighted by Crippen LogP contribution is -2.08. The number of H-pyrrole nitrogens is 1. The van der Waals surface area contributed by atoms with Crippen LogP contribution < -0.4 is 4.74 Å². The molecule has 31 heavy (non-hydrogen) atoms. The van der Waals surface area contributed by atoms with E-state index in [1.54, 1.807) is 25.2 Å². The second-order valence-electron chi connectivity index (χ2n) is 7.34. The van der Waals surface area contributed by atoms with Gasteiger partial charge in [-0.25, -0.2) is 4.98 Å². The maximum atomic E-state index is 5.35. The fourth-order valence-corrected chi connectivity index (χ4v) is 4.42. The number of aromatic amines is 1. The van der Waals surface area contributed by atoms with Crippen molar-refractivity contribution in [2.45, 2.75) is 43.1 Å². The minimum Gasteiger partial charge on any atom is -0.497 e. The highest BCUT2D eigenvalue weighted by Crippen LogP contribution is 2.25. The summed E-state index contributed by atoms with van der Waals surface area (Å²) in [7, 11) is 1.70. The lowest BCUT2D eigenvalue weighted by atomic mass is 10.1. The number of hydrogen-bond acceptors (Lipinski definition) is 5. The minimum absolute atomic E-state index is 0.827. The first-order valence-electron chi connectivity index (χ1n) is 10.5. The predicted molar refractivity (Wildman–Crippen MR) is 123 cm³/mol. The Morgan fingerprint density at radius 1 is 0.968 bits per heavy atom. The monoisotopic (exact) mass is 433 g/mol. The summed E-state index contributed by atoms with van der Waals surface area (Å²) in [5.41, 5.74) is 3.62. The minimum atomic E-state index is 0.827. The molecular weight excluding hydrogens is 406 g/mol. The SMILES string of the molecule is COc1cccc(CSc2nnc(CCc3ccccc3)n2CCCc2c[nH]cn2)c1. The van der Waals surface area contributed by atoms with Gasteiger partial charge in [0, 0.05) is 24.9 Å². The Kier molecular flexibility index (Phi) is 7.39. The molecule has 4 aromatic rings. The lowest BCUT2D eigenvalue weighted by molar-refractivity contribution is 0.414. The van der Waals surface area contributed by atoms with Crippen molar-refractivity contribution < 1.29 is 4.74 Å². The Labute approximate surface area is 187 Å². The second-order valence-corrected chi connectivity index (χ2v) is 8.28. The highest BCUT2D eigenvalue weighted by atomic mass is 32.2. The molecule has 0 bridgehead atoms. The van der Waals surface area contributed by atoms with E-state index in [9.17, 15) is 0 Å². The van der Waals surface area contributed by atoms with Crippen molar-refractivity contribution in [3.05, 3.63) is 89.8 Å². The van der Waals surface area contributed by atoms with E-state index in [0.717, 1.165) is 60.4 Å². The zero-order chi connectivity index (χ0) is 21.3. The van der Waals surface area contributed by atoms with Gasteiger partial charge in [-0.1, -0.05) is 54.2 Å². The van der Waals surface area contributed by atoms with Gasteiger partial charge in [0.1, 0.15) is 11.6 Å². The average molecular weight is 434 g/mol. The van der Waals surface area contributed by atoms with Crippen LogP contribution in [0.5, 0.6) is 5.75 Å². The summed E-state index contributed by atoms with van der Waals surface area (Å²) in [6.07, 6.45) is 7.45. The van der Waals surface area contributed by atoms with E-state index in [2.05, 4.69) is 61.1 Å². The van der Waals surface area contributed by atoms with Crippen LogP contribution in [0.15, 0.2) is 72.3 Å². The smallest absolute Gasteiger partial charge is 0.191 e. The molecule has 2 heterocycles. The molecule has 2 aromatic carbocycles. The summed E-state index contributed by atoms with van der Waals surface area (Å²) >= 11 is 1.72. The second kappa shape index (κ2) is 10.8. The highest BCUT2D eigenvalue weighted by molar-refractivity contribution is 7.98. The van der Waals surface area contributed by atoms with E-state index in [1.165, 1.54) is 11.1 Å². The van der Waals surface area contributed by atoms with Gasteiger partial charge in [-0.3, -0.25) is 0 Å². The van der Waals surface area contributed by atoms with Crippen LogP contribution in [-0.4, -0.2) is 31.8 Å². The number of imidazole rings is 1. The Bertz CT molecular complexity index is 1060. The van der Waals surface area contributed by atoms with Crippen LogP contribution >= 0.6 is 11.8 Å². The van der Waals surface area contributed by atoms with Gasteiger partial charge >= 0.3 is 0 Å². The highest BCUT2D eigenvalue weighted by Gasteiger charge is 2.13. The van der Waals surface area contributed by atoms with Crippen molar-refractivity contribution in [3.63, 3.8) is 0 Å². The van der Waals surface area contributed by atoms with Crippen molar-refractivity contribution in [2.24, 2.45) is 0 Å². The van der Waals surface area contributed by atoms with Crippen molar-refractivity contribution >= 4 is 11.8 Å². The third-order valence-corrected chi connectivity index (χ3v) is 6.18. The van der Waals surface area contributed by atoms with Crippen molar-refractivity contribution in [1.29, 1.82) is 0 Å². The maximum absolute atomic E-state index is 5.35. The maximum Gasteiger partial charge on any atom is 0.191 e. The number of nitrogens with one attached hydrogen (secondary N) is 1. The summed E-state index contributed by atoms with van der Waals surface area (Å²) in [4.78, 5) is 7.36. The van der Waals surface area contributed by atoms with Gasteiger partial charge in [-0.05, 0) is 42.5 Å². The number of nitrogens with zero attached hydrogens (tertiary/aromatic N) is 4. The standard InChI is InChI=1S/C24H27N5OS/c1-30-22-11-5-9-20(15-22)17-31-24-28-27-23(13-12-19-7-3-2-4-8-19)29(24)14-6-10-21-16-25-18-26-21/h2-5,7-9,11,15-16,18H,6,10,12-14,17H2,1H3,(H,25,26). The molecule has 0 atom stereocenters. The summed E-state index contributed by atoms with van der Waals surface area (Å²) in [5, 5.41) is 10.0. The summed E-state index contributed by atoms with van der Waals surface area (Å²) in [5.74, 6) is 2.74. The molecule has 160 valence electrons. The van der Waals surface area contributed by atoms with Gasteiger partial charge in [0.15, 0.2) is 5.16 Å². The first-order valence-corrected chi connectivity index (χ1v) is 11.5. The number of rotatable bonds is 11.